The predicted molar refractivity (Wildman–Crippen MR) is 82.0 cm³/mol. The maximum atomic E-state index is 13.5. The normalized spacial score (nSPS) is 17.3. The number of carbonyl (C=O) groups is 1. The summed E-state index contributed by atoms with van der Waals surface area (Å²) < 4.78 is 51.3. The summed E-state index contributed by atoms with van der Waals surface area (Å²) >= 11 is 0. The molecule has 1 amide bonds. The number of alkyl halides is 3. The van der Waals surface area contributed by atoms with E-state index < -0.39 is 23.3 Å². The first kappa shape index (κ1) is 18.1. The fraction of sp³-hybridized carbons (Fsp3) is 0.467. The van der Waals surface area contributed by atoms with E-state index in [0.29, 0.717) is 11.3 Å². The summed E-state index contributed by atoms with van der Waals surface area (Å²) in [6, 6.07) is 2.61. The van der Waals surface area contributed by atoms with Crippen LogP contribution in [0.3, 0.4) is 0 Å². The second-order valence-corrected chi connectivity index (χ2v) is 5.60. The van der Waals surface area contributed by atoms with Crippen LogP contribution < -0.4 is 10.1 Å². The van der Waals surface area contributed by atoms with E-state index in [1.54, 1.807) is 0 Å². The van der Waals surface area contributed by atoms with Crippen LogP contribution in [0.15, 0.2) is 18.3 Å². The highest BCUT2D eigenvalue weighted by molar-refractivity contribution is 5.95. The molecule has 8 nitrogen and oxygen atoms in total. The molecule has 11 heteroatoms. The Morgan fingerprint density at radius 3 is 2.81 bits per heavy atom. The van der Waals surface area contributed by atoms with Gasteiger partial charge in [-0.25, -0.2) is 4.68 Å². The van der Waals surface area contributed by atoms with Crippen molar-refractivity contribution in [2.45, 2.75) is 25.1 Å². The summed E-state index contributed by atoms with van der Waals surface area (Å²) in [6.07, 6.45) is -2.51. The summed E-state index contributed by atoms with van der Waals surface area (Å²) in [4.78, 5) is 12.2. The summed E-state index contributed by atoms with van der Waals surface area (Å²) in [5.41, 5.74) is -1.81. The Kier molecular flexibility index (Phi) is 5.07. The number of nitrogens with zero attached hydrogens (tertiary/aromatic N) is 4. The van der Waals surface area contributed by atoms with Gasteiger partial charge in [-0.2, -0.15) is 18.3 Å². The van der Waals surface area contributed by atoms with Gasteiger partial charge in [-0.3, -0.25) is 4.79 Å². The topological polar surface area (TPSA) is 91.2 Å². The predicted octanol–water partition coefficient (Wildman–Crippen LogP) is 1.60. The molecule has 0 radical (unpaired) electrons. The highest BCUT2D eigenvalue weighted by Gasteiger charge is 2.41. The van der Waals surface area contributed by atoms with Gasteiger partial charge in [-0.05, 0) is 18.9 Å². The number of nitrogens with one attached hydrogen (secondary N) is 1. The van der Waals surface area contributed by atoms with Crippen LogP contribution in [0.5, 0.6) is 5.88 Å². The third-order valence-corrected chi connectivity index (χ3v) is 3.85. The molecular formula is C15H16F3N5O3. The highest BCUT2D eigenvalue weighted by Crippen LogP contribution is 2.33. The van der Waals surface area contributed by atoms with Crippen molar-refractivity contribution in [1.82, 2.24) is 25.3 Å². The molecule has 0 aromatic carbocycles. The minimum absolute atomic E-state index is 0.143. The van der Waals surface area contributed by atoms with Crippen molar-refractivity contribution in [3.05, 3.63) is 29.6 Å². The van der Waals surface area contributed by atoms with Crippen molar-refractivity contribution >= 4 is 5.91 Å². The molecule has 1 N–H and O–H groups in total. The summed E-state index contributed by atoms with van der Waals surface area (Å²) in [6.45, 7) is 0.728. The number of halogens is 3. The van der Waals surface area contributed by atoms with Gasteiger partial charge >= 0.3 is 6.18 Å². The number of methoxy groups -OCH3 is 1. The Balaban J connectivity index is 1.87. The van der Waals surface area contributed by atoms with Crippen molar-refractivity contribution < 1.29 is 27.4 Å². The Morgan fingerprint density at radius 2 is 2.23 bits per heavy atom. The molecule has 1 saturated heterocycles. The molecule has 0 bridgehead atoms. The van der Waals surface area contributed by atoms with E-state index in [1.807, 2.05) is 0 Å². The minimum Gasteiger partial charge on any atom is -0.480 e. The van der Waals surface area contributed by atoms with Crippen molar-refractivity contribution in [3.63, 3.8) is 0 Å². The second kappa shape index (κ2) is 7.28. The van der Waals surface area contributed by atoms with Crippen molar-refractivity contribution in [2.75, 3.05) is 20.3 Å². The van der Waals surface area contributed by atoms with Crippen molar-refractivity contribution in [1.29, 1.82) is 0 Å². The lowest BCUT2D eigenvalue weighted by atomic mass is 10.2. The van der Waals surface area contributed by atoms with Crippen LogP contribution in [0.2, 0.25) is 0 Å². The van der Waals surface area contributed by atoms with E-state index in [0.717, 1.165) is 19.0 Å². The van der Waals surface area contributed by atoms with E-state index in [4.69, 9.17) is 9.47 Å². The zero-order chi connectivity index (χ0) is 18.7. The highest BCUT2D eigenvalue weighted by atomic mass is 19.4. The van der Waals surface area contributed by atoms with E-state index >= 15 is 0 Å². The molecule has 1 atom stereocenters. The molecule has 1 aliphatic heterocycles. The number of rotatable bonds is 5. The largest absolute Gasteiger partial charge is 0.480 e. The van der Waals surface area contributed by atoms with Crippen LogP contribution in [-0.2, 0) is 10.9 Å². The molecule has 2 aromatic rings. The Bertz CT molecular complexity index is 770. The maximum absolute atomic E-state index is 13.5. The molecule has 1 fully saturated rings. The van der Waals surface area contributed by atoms with Gasteiger partial charge in [0.2, 0.25) is 5.88 Å². The fourth-order valence-electron chi connectivity index (χ4n) is 2.60. The Morgan fingerprint density at radius 1 is 1.42 bits per heavy atom. The number of ether oxygens (including phenoxy) is 2. The van der Waals surface area contributed by atoms with Crippen LogP contribution in [0.1, 0.15) is 28.9 Å². The van der Waals surface area contributed by atoms with Crippen LogP contribution in [-0.4, -0.2) is 52.3 Å². The lowest BCUT2D eigenvalue weighted by Gasteiger charge is -2.13. The third-order valence-electron chi connectivity index (χ3n) is 3.85. The van der Waals surface area contributed by atoms with Gasteiger partial charge in [0, 0.05) is 19.2 Å². The maximum Gasteiger partial charge on any atom is 0.434 e. The van der Waals surface area contributed by atoms with Gasteiger partial charge in [-0.15, -0.1) is 10.2 Å². The molecule has 0 aliphatic carbocycles. The molecule has 140 valence electrons. The average molecular weight is 371 g/mol. The van der Waals surface area contributed by atoms with Gasteiger partial charge < -0.3 is 14.8 Å². The Hall–Kier alpha value is -2.69. The van der Waals surface area contributed by atoms with Gasteiger partial charge in [0.15, 0.2) is 11.5 Å². The fourth-order valence-corrected chi connectivity index (χ4v) is 2.60. The third kappa shape index (κ3) is 3.77. The van der Waals surface area contributed by atoms with Crippen LogP contribution in [0.4, 0.5) is 13.2 Å². The van der Waals surface area contributed by atoms with E-state index in [1.165, 1.54) is 19.2 Å². The smallest absolute Gasteiger partial charge is 0.434 e. The van der Waals surface area contributed by atoms with Gasteiger partial charge in [0.25, 0.3) is 5.91 Å². The molecule has 0 spiro atoms. The van der Waals surface area contributed by atoms with Gasteiger partial charge in [-0.1, -0.05) is 0 Å². The van der Waals surface area contributed by atoms with Crippen LogP contribution in [0.25, 0.3) is 5.82 Å². The number of hydrogen-bond acceptors (Lipinski definition) is 6. The molecule has 3 heterocycles. The molecule has 1 unspecified atom stereocenters. The summed E-state index contributed by atoms with van der Waals surface area (Å²) in [5, 5.41) is 13.4. The summed E-state index contributed by atoms with van der Waals surface area (Å²) in [5.74, 6) is -0.916. The molecule has 26 heavy (non-hydrogen) atoms. The lowest BCUT2D eigenvalue weighted by Crippen LogP contribution is -2.33. The van der Waals surface area contributed by atoms with Crippen molar-refractivity contribution in [3.8, 4) is 11.7 Å². The average Bonchev–Trinajstić information content (AvgIpc) is 3.29. The van der Waals surface area contributed by atoms with Crippen LogP contribution >= 0.6 is 0 Å². The zero-order valence-electron chi connectivity index (χ0n) is 13.8. The van der Waals surface area contributed by atoms with Gasteiger partial charge in [0.05, 0.1) is 25.0 Å². The number of carbonyl (C=O) groups excluding carboxylic acids is 1. The lowest BCUT2D eigenvalue weighted by molar-refractivity contribution is -0.143. The monoisotopic (exact) mass is 371 g/mol. The molecule has 1 aliphatic rings. The molecule has 2 aromatic heterocycles. The SMILES string of the molecule is COc1ccc(-n2ncc(C(=O)NCC3CCCO3)c2C(F)(F)F)nn1. The molecule has 0 saturated carbocycles. The van der Waals surface area contributed by atoms with Crippen molar-refractivity contribution in [2.24, 2.45) is 0 Å². The van der Waals surface area contributed by atoms with Crippen LogP contribution in [0, 0.1) is 0 Å². The minimum atomic E-state index is -4.81. The van der Waals surface area contributed by atoms with E-state index in [2.05, 4.69) is 20.6 Å². The molecular weight excluding hydrogens is 355 g/mol. The first-order valence-electron chi connectivity index (χ1n) is 7.83. The number of aromatic nitrogens is 4. The Labute approximate surface area is 146 Å². The molecule has 3 rings (SSSR count). The summed E-state index contributed by atoms with van der Waals surface area (Å²) in [7, 11) is 1.36. The standard InChI is InChI=1S/C15H16F3N5O3/c1-25-12-5-4-11(21-22-12)23-13(15(16,17)18)10(8-20-23)14(24)19-7-9-3-2-6-26-9/h4-5,8-9H,2-3,6-7H2,1H3,(H,19,24). The zero-order valence-corrected chi connectivity index (χ0v) is 13.8. The van der Waals surface area contributed by atoms with E-state index in [-0.39, 0.29) is 24.3 Å². The van der Waals surface area contributed by atoms with E-state index in [9.17, 15) is 18.0 Å². The quantitative estimate of drug-likeness (QED) is 0.859. The number of hydrogen-bond donors (Lipinski definition) is 1. The second-order valence-electron chi connectivity index (χ2n) is 5.60. The first-order valence-corrected chi connectivity index (χ1v) is 7.83. The first-order chi connectivity index (χ1) is 12.4. The van der Waals surface area contributed by atoms with Gasteiger partial charge in [0.1, 0.15) is 0 Å². The number of amides is 1.